The molecule has 3 atom stereocenters. The van der Waals surface area contributed by atoms with Crippen LogP contribution >= 0.6 is 12.4 Å². The summed E-state index contributed by atoms with van der Waals surface area (Å²) in [7, 11) is 0. The van der Waals surface area contributed by atoms with Crippen LogP contribution in [0.2, 0.25) is 0 Å². The van der Waals surface area contributed by atoms with Crippen LogP contribution in [0.25, 0.3) is 0 Å². The molecule has 0 amide bonds. The fourth-order valence-electron chi connectivity index (χ4n) is 2.78. The fourth-order valence-corrected chi connectivity index (χ4v) is 2.78. The lowest BCUT2D eigenvalue weighted by molar-refractivity contribution is 0.103. The molecule has 5 nitrogen and oxygen atoms in total. The Morgan fingerprint density at radius 2 is 2.06 bits per heavy atom. The van der Waals surface area contributed by atoms with Crippen LogP contribution in [0.5, 0.6) is 0 Å². The van der Waals surface area contributed by atoms with Gasteiger partial charge in [-0.05, 0) is 32.1 Å². The van der Waals surface area contributed by atoms with Gasteiger partial charge in [0.1, 0.15) is 6.10 Å². The summed E-state index contributed by atoms with van der Waals surface area (Å²) >= 11 is 0. The smallest absolute Gasteiger partial charge is 0.229 e. The van der Waals surface area contributed by atoms with Crippen molar-refractivity contribution >= 4 is 12.4 Å². The Morgan fingerprint density at radius 3 is 2.78 bits per heavy atom. The third kappa shape index (κ3) is 2.84. The molecule has 0 spiro atoms. The Morgan fingerprint density at radius 1 is 1.17 bits per heavy atom. The first-order valence-electron chi connectivity index (χ1n) is 6.53. The molecule has 1 aromatic heterocycles. The highest BCUT2D eigenvalue weighted by molar-refractivity contribution is 5.85. The first-order chi connectivity index (χ1) is 8.33. The molecule has 3 rings (SSSR count). The first-order valence-corrected chi connectivity index (χ1v) is 6.53. The van der Waals surface area contributed by atoms with E-state index < -0.39 is 0 Å². The Bertz CT molecular complexity index is 379. The number of ether oxygens (including phenoxy) is 1. The van der Waals surface area contributed by atoms with Gasteiger partial charge in [-0.15, -0.1) is 12.4 Å². The number of halogens is 1. The average Bonchev–Trinajstić information content (AvgIpc) is 3.00. The predicted octanol–water partition coefficient (Wildman–Crippen LogP) is 2.33. The van der Waals surface area contributed by atoms with Gasteiger partial charge in [-0.1, -0.05) is 11.6 Å². The van der Waals surface area contributed by atoms with Crippen molar-refractivity contribution in [2.75, 3.05) is 6.61 Å². The van der Waals surface area contributed by atoms with Gasteiger partial charge in [0.2, 0.25) is 11.7 Å². The van der Waals surface area contributed by atoms with Crippen LogP contribution in [-0.4, -0.2) is 22.8 Å². The maximum Gasteiger partial charge on any atom is 0.229 e. The van der Waals surface area contributed by atoms with E-state index in [0.29, 0.717) is 5.92 Å². The van der Waals surface area contributed by atoms with Crippen molar-refractivity contribution in [3.63, 3.8) is 0 Å². The van der Waals surface area contributed by atoms with E-state index in [4.69, 9.17) is 15.0 Å². The summed E-state index contributed by atoms with van der Waals surface area (Å²) in [4.78, 5) is 4.49. The van der Waals surface area contributed by atoms with Crippen molar-refractivity contribution in [1.29, 1.82) is 0 Å². The average molecular weight is 274 g/mol. The van der Waals surface area contributed by atoms with Crippen molar-refractivity contribution in [2.24, 2.45) is 5.73 Å². The SMILES string of the molecule is Cl.NC1CCCC(c2nc(C3CCCO3)no2)C1. The van der Waals surface area contributed by atoms with Crippen LogP contribution < -0.4 is 5.73 Å². The van der Waals surface area contributed by atoms with Gasteiger partial charge in [0.05, 0.1) is 0 Å². The third-order valence-corrected chi connectivity index (χ3v) is 3.74. The highest BCUT2D eigenvalue weighted by atomic mass is 35.5. The van der Waals surface area contributed by atoms with Gasteiger partial charge in [-0.2, -0.15) is 4.98 Å². The Kier molecular flexibility index (Phi) is 4.59. The van der Waals surface area contributed by atoms with Gasteiger partial charge in [-0.25, -0.2) is 0 Å². The molecule has 1 saturated heterocycles. The fraction of sp³-hybridized carbons (Fsp3) is 0.833. The molecule has 2 heterocycles. The topological polar surface area (TPSA) is 74.2 Å². The number of nitrogens with two attached hydrogens (primary N) is 1. The normalized spacial score (nSPS) is 32.2. The van der Waals surface area contributed by atoms with Gasteiger partial charge in [-0.3, -0.25) is 0 Å². The molecule has 1 aromatic rings. The first kappa shape index (κ1) is 13.8. The number of nitrogens with zero attached hydrogens (tertiary/aromatic N) is 2. The number of hydrogen-bond donors (Lipinski definition) is 1. The van der Waals surface area contributed by atoms with Crippen molar-refractivity contribution in [3.8, 4) is 0 Å². The molecule has 2 fully saturated rings. The van der Waals surface area contributed by atoms with Crippen molar-refractivity contribution in [3.05, 3.63) is 11.7 Å². The molecular weight excluding hydrogens is 254 g/mol. The van der Waals surface area contributed by atoms with Crippen LogP contribution in [0, 0.1) is 0 Å². The molecule has 3 unspecified atom stereocenters. The number of aromatic nitrogens is 2. The second kappa shape index (κ2) is 5.99. The van der Waals surface area contributed by atoms with E-state index in [1.54, 1.807) is 0 Å². The lowest BCUT2D eigenvalue weighted by Gasteiger charge is -2.23. The molecule has 0 radical (unpaired) electrons. The van der Waals surface area contributed by atoms with Crippen LogP contribution in [0.3, 0.4) is 0 Å². The van der Waals surface area contributed by atoms with E-state index in [-0.39, 0.29) is 24.6 Å². The summed E-state index contributed by atoms with van der Waals surface area (Å²) in [6, 6.07) is 0.284. The molecule has 102 valence electrons. The number of hydrogen-bond acceptors (Lipinski definition) is 5. The van der Waals surface area contributed by atoms with E-state index in [9.17, 15) is 0 Å². The minimum Gasteiger partial charge on any atom is -0.370 e. The maximum absolute atomic E-state index is 5.98. The molecular formula is C12H20ClN3O2. The van der Waals surface area contributed by atoms with Gasteiger partial charge >= 0.3 is 0 Å². The largest absolute Gasteiger partial charge is 0.370 e. The number of rotatable bonds is 2. The minimum absolute atomic E-state index is 0. The molecule has 2 aliphatic rings. The molecule has 0 bridgehead atoms. The van der Waals surface area contributed by atoms with Crippen LogP contribution in [0.4, 0.5) is 0 Å². The molecule has 1 saturated carbocycles. The van der Waals surface area contributed by atoms with E-state index in [0.717, 1.165) is 56.8 Å². The minimum atomic E-state index is 0. The second-order valence-electron chi connectivity index (χ2n) is 5.12. The van der Waals surface area contributed by atoms with Crippen LogP contribution in [-0.2, 0) is 4.74 Å². The molecule has 18 heavy (non-hydrogen) atoms. The zero-order chi connectivity index (χ0) is 11.7. The van der Waals surface area contributed by atoms with Crippen molar-refractivity contribution < 1.29 is 9.26 Å². The summed E-state index contributed by atoms with van der Waals surface area (Å²) in [5.74, 6) is 1.82. The molecule has 6 heteroatoms. The van der Waals surface area contributed by atoms with Crippen molar-refractivity contribution in [1.82, 2.24) is 10.1 Å². The summed E-state index contributed by atoms with van der Waals surface area (Å²) in [6.07, 6.45) is 6.48. The Labute approximate surface area is 113 Å². The highest BCUT2D eigenvalue weighted by Crippen LogP contribution is 2.33. The molecule has 1 aliphatic heterocycles. The standard InChI is InChI=1S/C12H19N3O2.ClH/c13-9-4-1-3-8(7-9)12-14-11(15-17-12)10-5-2-6-16-10;/h8-10H,1-7,13H2;1H. The van der Waals surface area contributed by atoms with Crippen LogP contribution in [0.1, 0.15) is 62.3 Å². The molecule has 1 aliphatic carbocycles. The maximum atomic E-state index is 5.98. The quantitative estimate of drug-likeness (QED) is 0.895. The summed E-state index contributed by atoms with van der Waals surface area (Å²) in [5.41, 5.74) is 5.98. The van der Waals surface area contributed by atoms with E-state index in [2.05, 4.69) is 10.1 Å². The summed E-state index contributed by atoms with van der Waals surface area (Å²) < 4.78 is 10.9. The Balaban J connectivity index is 0.00000120. The third-order valence-electron chi connectivity index (χ3n) is 3.74. The van der Waals surface area contributed by atoms with Crippen molar-refractivity contribution in [2.45, 2.75) is 56.6 Å². The zero-order valence-corrected chi connectivity index (χ0v) is 11.2. The highest BCUT2D eigenvalue weighted by Gasteiger charge is 2.28. The predicted molar refractivity (Wildman–Crippen MR) is 68.7 cm³/mol. The summed E-state index contributed by atoms with van der Waals surface area (Å²) in [5, 5.41) is 4.05. The summed E-state index contributed by atoms with van der Waals surface area (Å²) in [6.45, 7) is 0.808. The second-order valence-corrected chi connectivity index (χ2v) is 5.12. The van der Waals surface area contributed by atoms with Gasteiger partial charge in [0.15, 0.2) is 0 Å². The van der Waals surface area contributed by atoms with Crippen LogP contribution in [0.15, 0.2) is 4.52 Å². The van der Waals surface area contributed by atoms with E-state index in [1.165, 1.54) is 0 Å². The van der Waals surface area contributed by atoms with E-state index in [1.807, 2.05) is 0 Å². The Hall–Kier alpha value is -0.650. The van der Waals surface area contributed by atoms with Gasteiger partial charge < -0.3 is 15.0 Å². The zero-order valence-electron chi connectivity index (χ0n) is 10.4. The lowest BCUT2D eigenvalue weighted by atomic mass is 9.86. The van der Waals surface area contributed by atoms with Gasteiger partial charge in [0, 0.05) is 18.6 Å². The van der Waals surface area contributed by atoms with E-state index >= 15 is 0 Å². The monoisotopic (exact) mass is 273 g/mol. The molecule has 0 aromatic carbocycles. The van der Waals surface area contributed by atoms with Gasteiger partial charge in [0.25, 0.3) is 0 Å². The lowest BCUT2D eigenvalue weighted by Crippen LogP contribution is -2.27. The molecule has 2 N–H and O–H groups in total.